The van der Waals surface area contributed by atoms with Crippen LogP contribution < -0.4 is 10.1 Å². The van der Waals surface area contributed by atoms with Crippen molar-refractivity contribution in [1.29, 1.82) is 0 Å². The smallest absolute Gasteiger partial charge is 0.480 e. The van der Waals surface area contributed by atoms with Gasteiger partial charge in [-0.15, -0.1) is 23.4 Å². The maximum absolute atomic E-state index is 13.2. The van der Waals surface area contributed by atoms with Crippen molar-refractivity contribution < 1.29 is 36.2 Å². The van der Waals surface area contributed by atoms with Crippen molar-refractivity contribution in [3.63, 3.8) is 0 Å². The SMILES string of the molecule is O=C(NCCCc1nnc(C2CC(OC(F)(F)F)C2)o1)C1CCc2cc(F)ccc2O1. The molecule has 11 heteroatoms. The summed E-state index contributed by atoms with van der Waals surface area (Å²) in [5.74, 6) is 0.395. The number of hydrogen-bond donors (Lipinski definition) is 1. The standard InChI is InChI=1S/C20H21F4N3O4/c21-13-4-6-15-11(8-13)3-5-16(29-15)18(28)25-7-1-2-17-26-27-19(30-17)12-9-14(10-12)31-20(22,23)24/h4,6,8,12,14,16H,1-3,5,7,9-10H2,(H,25,28). The number of carbonyl (C=O) groups is 1. The second-order valence-electron chi connectivity index (χ2n) is 7.68. The fourth-order valence-corrected chi connectivity index (χ4v) is 3.69. The average Bonchev–Trinajstić information content (AvgIpc) is 3.14. The second-order valence-corrected chi connectivity index (χ2v) is 7.68. The number of benzene rings is 1. The molecule has 4 rings (SSSR count). The second kappa shape index (κ2) is 8.81. The van der Waals surface area contributed by atoms with Crippen LogP contribution in [0, 0.1) is 5.82 Å². The van der Waals surface area contributed by atoms with Crippen molar-refractivity contribution in [3.8, 4) is 5.75 Å². The van der Waals surface area contributed by atoms with E-state index in [9.17, 15) is 22.4 Å². The summed E-state index contributed by atoms with van der Waals surface area (Å²) >= 11 is 0. The van der Waals surface area contributed by atoms with Crippen LogP contribution in [-0.4, -0.2) is 41.2 Å². The van der Waals surface area contributed by atoms with E-state index in [4.69, 9.17) is 9.15 Å². The highest BCUT2D eigenvalue weighted by Crippen LogP contribution is 2.40. The number of rotatable bonds is 7. The van der Waals surface area contributed by atoms with Crippen LogP contribution in [0.15, 0.2) is 22.6 Å². The summed E-state index contributed by atoms with van der Waals surface area (Å²) < 4.78 is 64.8. The van der Waals surface area contributed by atoms with Gasteiger partial charge in [-0.05, 0) is 55.9 Å². The summed E-state index contributed by atoms with van der Waals surface area (Å²) in [6.45, 7) is 0.373. The topological polar surface area (TPSA) is 86.5 Å². The van der Waals surface area contributed by atoms with Gasteiger partial charge in [-0.2, -0.15) is 0 Å². The molecule has 2 aromatic rings. The number of halogens is 4. The maximum atomic E-state index is 13.2. The zero-order chi connectivity index (χ0) is 22.0. The van der Waals surface area contributed by atoms with Crippen molar-refractivity contribution in [2.24, 2.45) is 0 Å². The highest BCUT2D eigenvalue weighted by atomic mass is 19.4. The first-order valence-corrected chi connectivity index (χ1v) is 10.1. The van der Waals surface area contributed by atoms with E-state index < -0.39 is 18.6 Å². The van der Waals surface area contributed by atoms with E-state index in [1.807, 2.05) is 0 Å². The molecule has 0 radical (unpaired) electrons. The third kappa shape index (κ3) is 5.52. The first-order chi connectivity index (χ1) is 14.8. The van der Waals surface area contributed by atoms with Crippen LogP contribution >= 0.6 is 0 Å². The van der Waals surface area contributed by atoms with Gasteiger partial charge in [0.1, 0.15) is 11.6 Å². The number of ether oxygens (including phenoxy) is 2. The average molecular weight is 443 g/mol. The molecular weight excluding hydrogens is 422 g/mol. The molecule has 1 aliphatic heterocycles. The highest BCUT2D eigenvalue weighted by molar-refractivity contribution is 5.81. The number of nitrogens with zero attached hydrogens (tertiary/aromatic N) is 2. The maximum Gasteiger partial charge on any atom is 0.522 e. The van der Waals surface area contributed by atoms with Crippen molar-refractivity contribution >= 4 is 5.91 Å². The van der Waals surface area contributed by atoms with Crippen LogP contribution in [0.25, 0.3) is 0 Å². The lowest BCUT2D eigenvalue weighted by Crippen LogP contribution is -2.40. The molecule has 1 aliphatic carbocycles. The molecule has 31 heavy (non-hydrogen) atoms. The van der Waals surface area contributed by atoms with Gasteiger partial charge in [-0.25, -0.2) is 4.39 Å². The Morgan fingerprint density at radius 1 is 1.26 bits per heavy atom. The minimum Gasteiger partial charge on any atom is -0.480 e. The van der Waals surface area contributed by atoms with Gasteiger partial charge in [-0.3, -0.25) is 9.53 Å². The van der Waals surface area contributed by atoms with Crippen molar-refractivity contribution in [2.45, 2.75) is 63.0 Å². The molecule has 1 amide bonds. The third-order valence-electron chi connectivity index (χ3n) is 5.35. The van der Waals surface area contributed by atoms with Crippen LogP contribution in [0.1, 0.15) is 48.9 Å². The van der Waals surface area contributed by atoms with Gasteiger partial charge < -0.3 is 14.5 Å². The minimum atomic E-state index is -4.63. The van der Waals surface area contributed by atoms with Crippen LogP contribution in [0.4, 0.5) is 17.6 Å². The third-order valence-corrected chi connectivity index (χ3v) is 5.35. The fraction of sp³-hybridized carbons (Fsp3) is 0.550. The molecule has 1 saturated carbocycles. The summed E-state index contributed by atoms with van der Waals surface area (Å²) in [5, 5.41) is 10.6. The number of aryl methyl sites for hydroxylation is 2. The minimum absolute atomic E-state index is 0.189. The molecule has 2 heterocycles. The number of amides is 1. The number of alkyl halides is 3. The number of carbonyl (C=O) groups excluding carboxylic acids is 1. The lowest BCUT2D eigenvalue weighted by atomic mass is 9.82. The van der Waals surface area contributed by atoms with Gasteiger partial charge in [0.2, 0.25) is 11.8 Å². The summed E-state index contributed by atoms with van der Waals surface area (Å²) in [5.41, 5.74) is 0.749. The van der Waals surface area contributed by atoms with Gasteiger partial charge in [0, 0.05) is 18.9 Å². The largest absolute Gasteiger partial charge is 0.522 e. The highest BCUT2D eigenvalue weighted by Gasteiger charge is 2.42. The van der Waals surface area contributed by atoms with E-state index in [0.29, 0.717) is 49.8 Å². The molecule has 1 aromatic carbocycles. The van der Waals surface area contributed by atoms with Gasteiger partial charge >= 0.3 is 6.36 Å². The summed E-state index contributed by atoms with van der Waals surface area (Å²) in [7, 11) is 0. The summed E-state index contributed by atoms with van der Waals surface area (Å²) in [6.07, 6.45) is -3.75. The van der Waals surface area contributed by atoms with Gasteiger partial charge in [0.05, 0.1) is 6.10 Å². The monoisotopic (exact) mass is 443 g/mol. The number of hydrogen-bond acceptors (Lipinski definition) is 6. The van der Waals surface area contributed by atoms with E-state index in [1.54, 1.807) is 0 Å². The van der Waals surface area contributed by atoms with Gasteiger partial charge in [-0.1, -0.05) is 0 Å². The van der Waals surface area contributed by atoms with Gasteiger partial charge in [0.15, 0.2) is 6.10 Å². The first-order valence-electron chi connectivity index (χ1n) is 10.1. The molecule has 0 saturated heterocycles. The predicted molar refractivity (Wildman–Crippen MR) is 97.7 cm³/mol. The quantitative estimate of drug-likeness (QED) is 0.521. The normalized spacial score (nSPS) is 22.9. The van der Waals surface area contributed by atoms with Gasteiger partial charge in [0.25, 0.3) is 5.91 Å². The molecule has 1 unspecified atom stereocenters. The van der Waals surface area contributed by atoms with Crippen LogP contribution in [0.2, 0.25) is 0 Å². The predicted octanol–water partition coefficient (Wildman–Crippen LogP) is 3.43. The Morgan fingerprint density at radius 3 is 2.84 bits per heavy atom. The Bertz CT molecular complexity index is 927. The Kier molecular flexibility index (Phi) is 6.12. The number of nitrogens with one attached hydrogen (secondary N) is 1. The van der Waals surface area contributed by atoms with Crippen molar-refractivity contribution in [3.05, 3.63) is 41.4 Å². The molecule has 2 aliphatic rings. The van der Waals surface area contributed by atoms with Crippen LogP contribution in [0.3, 0.4) is 0 Å². The van der Waals surface area contributed by atoms with E-state index in [2.05, 4.69) is 20.3 Å². The Balaban J connectivity index is 1.16. The summed E-state index contributed by atoms with van der Waals surface area (Å²) in [6, 6.07) is 4.23. The molecule has 1 fully saturated rings. The lowest BCUT2D eigenvalue weighted by Gasteiger charge is -2.32. The van der Waals surface area contributed by atoms with Crippen LogP contribution in [-0.2, 0) is 22.4 Å². The number of fused-ring (bicyclic) bond motifs is 1. The zero-order valence-corrected chi connectivity index (χ0v) is 16.5. The van der Waals surface area contributed by atoms with E-state index >= 15 is 0 Å². The molecule has 1 aromatic heterocycles. The van der Waals surface area contributed by atoms with E-state index in [-0.39, 0.29) is 30.5 Å². The fourth-order valence-electron chi connectivity index (χ4n) is 3.69. The molecule has 0 bridgehead atoms. The lowest BCUT2D eigenvalue weighted by molar-refractivity contribution is -0.352. The Labute approximate surface area is 175 Å². The van der Waals surface area contributed by atoms with E-state index in [1.165, 1.54) is 18.2 Å². The molecular formula is C20H21F4N3O4. The molecule has 0 spiro atoms. The van der Waals surface area contributed by atoms with E-state index in [0.717, 1.165) is 5.56 Å². The molecule has 7 nitrogen and oxygen atoms in total. The Hall–Kier alpha value is -2.69. The summed E-state index contributed by atoms with van der Waals surface area (Å²) in [4.78, 5) is 12.3. The molecule has 1 atom stereocenters. The van der Waals surface area contributed by atoms with Crippen molar-refractivity contribution in [1.82, 2.24) is 15.5 Å². The molecule has 1 N–H and O–H groups in total. The van der Waals surface area contributed by atoms with Crippen molar-refractivity contribution in [2.75, 3.05) is 6.54 Å². The Morgan fingerprint density at radius 2 is 2.06 bits per heavy atom. The molecule has 168 valence electrons. The number of aromatic nitrogens is 2. The zero-order valence-electron chi connectivity index (χ0n) is 16.5. The first kappa shape index (κ1) is 21.5. The van der Waals surface area contributed by atoms with Crippen LogP contribution in [0.5, 0.6) is 5.75 Å².